The molecule has 6 heterocycles. The summed E-state index contributed by atoms with van der Waals surface area (Å²) in [7, 11) is 1.29. The summed E-state index contributed by atoms with van der Waals surface area (Å²) in [5, 5.41) is 8.27. The topological polar surface area (TPSA) is 191 Å². The van der Waals surface area contributed by atoms with Crippen LogP contribution in [0.25, 0.3) is 53.8 Å². The van der Waals surface area contributed by atoms with Gasteiger partial charge in [0.2, 0.25) is 17.7 Å². The number of nitrogens with one attached hydrogen (secondary N) is 4. The van der Waals surface area contributed by atoms with Crippen LogP contribution in [0.2, 0.25) is 0 Å². The Balaban J connectivity index is 1.07. The molecule has 0 radical (unpaired) electrons. The molecule has 4 aromatic heterocycles. The normalized spacial score (nSPS) is 18.5. The van der Waals surface area contributed by atoms with E-state index in [1.54, 1.807) is 16.2 Å². The number of rotatable bonds is 9. The number of pyridine rings is 1. The Labute approximate surface area is 327 Å². The summed E-state index contributed by atoms with van der Waals surface area (Å²) in [6.45, 7) is 10.3. The van der Waals surface area contributed by atoms with Gasteiger partial charge < -0.3 is 35.1 Å². The number of aromatic nitrogens is 6. The summed E-state index contributed by atoms with van der Waals surface area (Å²) in [5.74, 6) is 0.762. The molecule has 4 atom stereocenters. The molecule has 2 fully saturated rings. The standard InChI is InChI=1S/C40H46N10O5S/c1-19(2)29(42-21(5)51)38(52)49-15-7-9-27(49)34-43-25-13-14-26-33(32(25)46-34)56-37(44-26)22-11-12-24-23(17-22)18-41-36-31(24)45-35(48-36)28-10-8-16-50(28)39(53)30(20(3)4)47-40(54)55-6/h11-14,17-20,27-30H,7-10,15-16H2,1-6H3,(H,42,51)(H,43,46)(H,47,54)(H,41,45,48)/t27-,28-,29-,30-/m0/s1. The minimum atomic E-state index is -0.716. The SMILES string of the molecule is COC(=O)N[C@H](C(=O)N1CCC[C@H]1c1nc2ncc3cc(-c4nc5ccc6nc([C@@H]7CCCN7C(=O)[C@@H](NC(C)=O)C(C)C)[nH]c6c5s4)ccc3c2[nH]1)C(C)C. The maximum atomic E-state index is 13.7. The molecule has 56 heavy (non-hydrogen) atoms. The van der Waals surface area contributed by atoms with Crippen molar-refractivity contribution in [3.8, 4) is 10.6 Å². The Morgan fingerprint density at radius 2 is 1.45 bits per heavy atom. The number of aromatic amines is 2. The van der Waals surface area contributed by atoms with Crippen molar-refractivity contribution in [3.63, 3.8) is 0 Å². The highest BCUT2D eigenvalue weighted by Gasteiger charge is 2.39. The van der Waals surface area contributed by atoms with Gasteiger partial charge in [-0.1, -0.05) is 39.8 Å². The lowest BCUT2D eigenvalue weighted by Crippen LogP contribution is -2.51. The molecule has 0 bridgehead atoms. The number of hydrogen-bond acceptors (Lipinski definition) is 10. The number of thiazole rings is 1. The van der Waals surface area contributed by atoms with Crippen molar-refractivity contribution in [2.24, 2.45) is 11.8 Å². The number of imidazole rings is 2. The van der Waals surface area contributed by atoms with E-state index in [1.807, 2.05) is 50.9 Å². The van der Waals surface area contributed by atoms with Crippen molar-refractivity contribution in [1.82, 2.24) is 50.3 Å². The summed E-state index contributed by atoms with van der Waals surface area (Å²) < 4.78 is 5.76. The van der Waals surface area contributed by atoms with E-state index in [2.05, 4.69) is 38.8 Å². The van der Waals surface area contributed by atoms with Gasteiger partial charge in [0.15, 0.2) is 5.65 Å². The number of amides is 4. The molecule has 2 aliphatic rings. The fourth-order valence-electron chi connectivity index (χ4n) is 8.16. The molecular weight excluding hydrogens is 733 g/mol. The Morgan fingerprint density at radius 3 is 2.09 bits per heavy atom. The summed E-state index contributed by atoms with van der Waals surface area (Å²) >= 11 is 1.58. The number of H-pyrrole nitrogens is 2. The lowest BCUT2D eigenvalue weighted by Gasteiger charge is -2.30. The van der Waals surface area contributed by atoms with Crippen molar-refractivity contribution in [3.05, 3.63) is 48.2 Å². The van der Waals surface area contributed by atoms with Crippen LogP contribution in [0.4, 0.5) is 4.79 Å². The molecule has 8 rings (SSSR count). The molecule has 4 N–H and O–H groups in total. The van der Waals surface area contributed by atoms with Crippen LogP contribution in [0.15, 0.2) is 36.5 Å². The summed E-state index contributed by atoms with van der Waals surface area (Å²) in [6.07, 6.45) is 4.38. The van der Waals surface area contributed by atoms with Crippen LogP contribution in [-0.4, -0.2) is 95.8 Å². The largest absolute Gasteiger partial charge is 0.453 e. The second-order valence-corrected chi connectivity index (χ2v) is 16.5. The Hall–Kier alpha value is -5.64. The van der Waals surface area contributed by atoms with Gasteiger partial charge in [-0.05, 0) is 55.7 Å². The number of fused-ring (bicyclic) bond motifs is 6. The molecule has 4 amide bonds. The van der Waals surface area contributed by atoms with E-state index in [9.17, 15) is 19.2 Å². The molecule has 0 aliphatic carbocycles. The molecular formula is C40H46N10O5S. The first-order chi connectivity index (χ1) is 26.9. The molecule has 0 unspecified atom stereocenters. The predicted octanol–water partition coefficient (Wildman–Crippen LogP) is 6.13. The lowest BCUT2D eigenvalue weighted by molar-refractivity contribution is -0.138. The number of ether oxygens (including phenoxy) is 1. The smallest absolute Gasteiger partial charge is 0.407 e. The van der Waals surface area contributed by atoms with Crippen LogP contribution < -0.4 is 10.6 Å². The summed E-state index contributed by atoms with van der Waals surface area (Å²) in [5.41, 5.74) is 4.86. The van der Waals surface area contributed by atoms with Crippen LogP contribution in [0.5, 0.6) is 0 Å². The minimum absolute atomic E-state index is 0.0468. The predicted molar refractivity (Wildman–Crippen MR) is 214 cm³/mol. The third kappa shape index (κ3) is 6.69. The molecule has 2 aromatic carbocycles. The van der Waals surface area contributed by atoms with Crippen LogP contribution in [-0.2, 0) is 19.1 Å². The third-order valence-corrected chi connectivity index (χ3v) is 12.2. The first-order valence-electron chi connectivity index (χ1n) is 19.2. The fraction of sp³-hybridized carbons (Fsp3) is 0.450. The Kier molecular flexibility index (Phi) is 9.85. The van der Waals surface area contributed by atoms with E-state index < -0.39 is 18.2 Å². The van der Waals surface area contributed by atoms with E-state index >= 15 is 0 Å². The first-order valence-corrected chi connectivity index (χ1v) is 20.0. The molecule has 0 spiro atoms. The van der Waals surface area contributed by atoms with Crippen molar-refractivity contribution in [1.29, 1.82) is 0 Å². The van der Waals surface area contributed by atoms with Crippen molar-refractivity contribution >= 4 is 78.3 Å². The average Bonchev–Trinajstić information content (AvgIpc) is 4.02. The highest BCUT2D eigenvalue weighted by Crippen LogP contribution is 2.39. The van der Waals surface area contributed by atoms with Crippen LogP contribution in [0.3, 0.4) is 0 Å². The van der Waals surface area contributed by atoms with Gasteiger partial charge in [-0.3, -0.25) is 14.4 Å². The highest BCUT2D eigenvalue weighted by molar-refractivity contribution is 7.22. The van der Waals surface area contributed by atoms with E-state index in [0.29, 0.717) is 24.6 Å². The quantitative estimate of drug-likeness (QED) is 0.134. The van der Waals surface area contributed by atoms with Gasteiger partial charge in [0.25, 0.3) is 0 Å². The average molecular weight is 779 g/mol. The van der Waals surface area contributed by atoms with E-state index in [-0.39, 0.29) is 41.6 Å². The zero-order valence-corrected chi connectivity index (χ0v) is 33.1. The van der Waals surface area contributed by atoms with E-state index in [0.717, 1.165) is 79.6 Å². The molecule has 15 nitrogen and oxygen atoms in total. The Bertz CT molecular complexity index is 2500. The number of carbonyl (C=O) groups excluding carboxylic acids is 4. The number of hydrogen-bond donors (Lipinski definition) is 4. The Morgan fingerprint density at radius 1 is 0.821 bits per heavy atom. The zero-order valence-electron chi connectivity index (χ0n) is 32.3. The van der Waals surface area contributed by atoms with Crippen LogP contribution >= 0.6 is 11.3 Å². The number of nitrogens with zero attached hydrogens (tertiary/aromatic N) is 6. The van der Waals surface area contributed by atoms with Crippen molar-refractivity contribution in [2.45, 2.75) is 84.5 Å². The number of alkyl carbamates (subject to hydrolysis) is 1. The number of methoxy groups -OCH3 is 1. The van der Waals surface area contributed by atoms with Crippen LogP contribution in [0, 0.1) is 11.8 Å². The highest BCUT2D eigenvalue weighted by atomic mass is 32.1. The second-order valence-electron chi connectivity index (χ2n) is 15.5. The monoisotopic (exact) mass is 778 g/mol. The number of likely N-dealkylation sites (tertiary alicyclic amines) is 2. The third-order valence-electron chi connectivity index (χ3n) is 11.0. The lowest BCUT2D eigenvalue weighted by atomic mass is 10.0. The van der Waals surface area contributed by atoms with E-state index in [4.69, 9.17) is 24.7 Å². The number of benzene rings is 2. The maximum Gasteiger partial charge on any atom is 0.407 e. The zero-order chi connectivity index (χ0) is 39.4. The number of carbonyl (C=O) groups is 4. The minimum Gasteiger partial charge on any atom is -0.453 e. The summed E-state index contributed by atoms with van der Waals surface area (Å²) in [4.78, 5) is 81.5. The van der Waals surface area contributed by atoms with Gasteiger partial charge in [-0.25, -0.2) is 24.7 Å². The molecule has 2 aliphatic heterocycles. The first kappa shape index (κ1) is 37.3. The molecule has 6 aromatic rings. The van der Waals surface area contributed by atoms with Crippen molar-refractivity contribution < 1.29 is 23.9 Å². The second kappa shape index (κ2) is 14.8. The maximum absolute atomic E-state index is 13.7. The summed E-state index contributed by atoms with van der Waals surface area (Å²) in [6, 6.07) is 8.34. The molecule has 0 saturated carbocycles. The fourth-order valence-corrected chi connectivity index (χ4v) is 9.22. The van der Waals surface area contributed by atoms with Gasteiger partial charge in [-0.2, -0.15) is 0 Å². The van der Waals surface area contributed by atoms with Gasteiger partial charge in [-0.15, -0.1) is 11.3 Å². The van der Waals surface area contributed by atoms with Gasteiger partial charge in [0, 0.05) is 42.5 Å². The van der Waals surface area contributed by atoms with Gasteiger partial charge in [0.05, 0.1) is 46.0 Å². The molecule has 292 valence electrons. The molecule has 2 saturated heterocycles. The van der Waals surface area contributed by atoms with E-state index in [1.165, 1.54) is 14.0 Å². The van der Waals surface area contributed by atoms with Crippen molar-refractivity contribution in [2.75, 3.05) is 20.2 Å². The van der Waals surface area contributed by atoms with Gasteiger partial charge in [0.1, 0.15) is 28.7 Å². The van der Waals surface area contributed by atoms with Gasteiger partial charge >= 0.3 is 6.09 Å². The van der Waals surface area contributed by atoms with Crippen LogP contribution in [0.1, 0.15) is 84.0 Å². The molecule has 16 heteroatoms.